The number of unbranched alkanes of at least 4 members (excludes halogenated alkanes) is 2. The van der Waals surface area contributed by atoms with Crippen LogP contribution in [-0.2, 0) is 4.43 Å². The van der Waals surface area contributed by atoms with Gasteiger partial charge in [0, 0.05) is 0 Å². The molecule has 1 aromatic rings. The number of ether oxygens (including phenoxy) is 1. The van der Waals surface area contributed by atoms with Gasteiger partial charge in [0.15, 0.2) is 7.83 Å². The van der Waals surface area contributed by atoms with E-state index in [2.05, 4.69) is 40.4 Å². The summed E-state index contributed by atoms with van der Waals surface area (Å²) in [7, 11) is -3.50. The Kier molecular flexibility index (Phi) is 6.44. The summed E-state index contributed by atoms with van der Waals surface area (Å²) in [6.45, 7) is 14.1. The van der Waals surface area contributed by atoms with Crippen LogP contribution in [-0.4, -0.2) is 31.9 Å². The standard InChI is InChI=1S/C20H36O3Si2/c1-7-8-9-10-19(22-18-13-11-17(21)12-14-18)25(6)16-15-20(2,3)23-24(25,4)5/h11-14,19,21H,7-10,15-16H2,1-6H3. The summed E-state index contributed by atoms with van der Waals surface area (Å²) in [4.78, 5) is 0. The summed E-state index contributed by atoms with van der Waals surface area (Å²) in [5, 5.41) is 9.54. The van der Waals surface area contributed by atoms with Gasteiger partial charge in [-0.05, 0) is 64.0 Å². The number of phenols is 1. The Morgan fingerprint density at radius 3 is 2.36 bits per heavy atom. The topological polar surface area (TPSA) is 38.7 Å². The van der Waals surface area contributed by atoms with Crippen molar-refractivity contribution in [1.82, 2.24) is 0 Å². The van der Waals surface area contributed by atoms with Crippen LogP contribution in [0.4, 0.5) is 0 Å². The molecule has 1 heterocycles. The van der Waals surface area contributed by atoms with Crippen molar-refractivity contribution < 1.29 is 14.3 Å². The molecule has 5 heteroatoms. The SMILES string of the molecule is CCCCCC(Oc1ccc(O)cc1)[Si]1(C)CCC(C)(C)O[Si]1(C)C. The molecule has 1 aliphatic heterocycles. The molecule has 1 N–H and O–H groups in total. The number of benzene rings is 1. The second-order valence-corrected chi connectivity index (χ2v) is 23.1. The Morgan fingerprint density at radius 1 is 1.16 bits per heavy atom. The van der Waals surface area contributed by atoms with Gasteiger partial charge in [-0.1, -0.05) is 38.8 Å². The fourth-order valence-corrected chi connectivity index (χ4v) is 16.5. The molecule has 0 aliphatic carbocycles. The van der Waals surface area contributed by atoms with Crippen molar-refractivity contribution in [3.05, 3.63) is 24.3 Å². The monoisotopic (exact) mass is 380 g/mol. The molecule has 1 aliphatic rings. The van der Waals surface area contributed by atoms with E-state index in [0.29, 0.717) is 5.73 Å². The first-order chi connectivity index (χ1) is 11.6. The molecular formula is C20H36O3Si2. The summed E-state index contributed by atoms with van der Waals surface area (Å²) < 4.78 is 13.3. The molecule has 2 unspecified atom stereocenters. The summed E-state index contributed by atoms with van der Waals surface area (Å²) in [6, 6.07) is 8.50. The quantitative estimate of drug-likeness (QED) is 0.478. The third-order valence-electron chi connectivity index (χ3n) is 6.05. The van der Waals surface area contributed by atoms with Crippen molar-refractivity contribution in [3.8, 4) is 11.5 Å². The molecule has 0 saturated carbocycles. The summed E-state index contributed by atoms with van der Waals surface area (Å²) in [5.41, 5.74) is 0.302. The molecule has 3 nitrogen and oxygen atoms in total. The van der Waals surface area contributed by atoms with E-state index in [9.17, 15) is 5.11 Å². The molecule has 2 atom stereocenters. The van der Waals surface area contributed by atoms with Gasteiger partial charge >= 0.3 is 0 Å². The van der Waals surface area contributed by atoms with Crippen molar-refractivity contribution in [3.63, 3.8) is 0 Å². The van der Waals surface area contributed by atoms with E-state index in [1.165, 1.54) is 25.3 Å². The average molecular weight is 381 g/mol. The predicted octanol–water partition coefficient (Wildman–Crippen LogP) is 5.82. The van der Waals surface area contributed by atoms with E-state index < -0.39 is 15.4 Å². The van der Waals surface area contributed by atoms with E-state index in [1.54, 1.807) is 12.1 Å². The van der Waals surface area contributed by atoms with E-state index in [-0.39, 0.29) is 11.4 Å². The van der Waals surface area contributed by atoms with Crippen molar-refractivity contribution in [1.29, 1.82) is 0 Å². The van der Waals surface area contributed by atoms with Crippen LogP contribution in [0.1, 0.15) is 52.9 Å². The van der Waals surface area contributed by atoms with E-state index in [1.807, 2.05) is 12.1 Å². The van der Waals surface area contributed by atoms with Crippen LogP contribution in [0.3, 0.4) is 0 Å². The van der Waals surface area contributed by atoms with Gasteiger partial charge in [0.05, 0.1) is 11.3 Å². The van der Waals surface area contributed by atoms with Crippen LogP contribution in [0.15, 0.2) is 24.3 Å². The third kappa shape index (κ3) is 4.89. The highest BCUT2D eigenvalue weighted by molar-refractivity contribution is 7.39. The molecule has 1 saturated heterocycles. The van der Waals surface area contributed by atoms with Gasteiger partial charge in [0.1, 0.15) is 19.1 Å². The zero-order valence-electron chi connectivity index (χ0n) is 16.9. The Labute approximate surface area is 155 Å². The first kappa shape index (κ1) is 20.5. The molecular weight excluding hydrogens is 344 g/mol. The van der Waals surface area contributed by atoms with Crippen LogP contribution in [0.5, 0.6) is 11.5 Å². The van der Waals surface area contributed by atoms with E-state index >= 15 is 0 Å². The first-order valence-electron chi connectivity index (χ1n) is 9.75. The molecule has 0 aromatic heterocycles. The minimum Gasteiger partial charge on any atom is -0.508 e. The van der Waals surface area contributed by atoms with Gasteiger partial charge in [0.2, 0.25) is 0 Å². The van der Waals surface area contributed by atoms with Crippen LogP contribution in [0.2, 0.25) is 25.7 Å². The maximum atomic E-state index is 9.54. The molecule has 1 fully saturated rings. The summed E-state index contributed by atoms with van der Waals surface area (Å²) in [6.07, 6.45) is 5.96. The molecule has 25 heavy (non-hydrogen) atoms. The lowest BCUT2D eigenvalue weighted by atomic mass is 10.1. The number of rotatable bonds is 7. The summed E-state index contributed by atoms with van der Waals surface area (Å²) in [5.74, 6) is 1.17. The number of hydrogen-bond acceptors (Lipinski definition) is 3. The highest BCUT2D eigenvalue weighted by Gasteiger charge is 2.58. The molecule has 1 aromatic carbocycles. The minimum atomic E-state index is -1.80. The third-order valence-corrected chi connectivity index (χ3v) is 23.3. The Balaban J connectivity index is 2.25. The van der Waals surface area contributed by atoms with Crippen LogP contribution >= 0.6 is 0 Å². The largest absolute Gasteiger partial charge is 0.508 e. The molecule has 0 radical (unpaired) electrons. The predicted molar refractivity (Wildman–Crippen MR) is 110 cm³/mol. The van der Waals surface area contributed by atoms with Gasteiger partial charge in [-0.15, -0.1) is 0 Å². The lowest BCUT2D eigenvalue weighted by Crippen LogP contribution is -2.72. The second-order valence-electron chi connectivity index (χ2n) is 8.89. The molecule has 0 amide bonds. The van der Waals surface area contributed by atoms with Crippen molar-refractivity contribution >= 4 is 15.4 Å². The Bertz CT molecular complexity index is 557. The van der Waals surface area contributed by atoms with Crippen LogP contribution < -0.4 is 4.74 Å². The van der Waals surface area contributed by atoms with E-state index in [0.717, 1.165) is 18.6 Å². The second kappa shape index (κ2) is 7.84. The Morgan fingerprint density at radius 2 is 1.80 bits per heavy atom. The average Bonchev–Trinajstić information content (AvgIpc) is 2.51. The van der Waals surface area contributed by atoms with Gasteiger partial charge in [0.25, 0.3) is 0 Å². The maximum Gasteiger partial charge on any atom is 0.179 e. The molecule has 142 valence electrons. The van der Waals surface area contributed by atoms with E-state index in [4.69, 9.17) is 9.16 Å². The molecule has 0 bridgehead atoms. The van der Waals surface area contributed by atoms with Gasteiger partial charge in [-0.2, -0.15) is 0 Å². The smallest absolute Gasteiger partial charge is 0.179 e. The van der Waals surface area contributed by atoms with Gasteiger partial charge in [-0.3, -0.25) is 0 Å². The maximum absolute atomic E-state index is 9.54. The first-order valence-corrected chi connectivity index (χ1v) is 16.4. The number of hydrogen-bond donors (Lipinski definition) is 1. The molecule has 2 rings (SSSR count). The highest BCUT2D eigenvalue weighted by atomic mass is 29.3. The fraction of sp³-hybridized carbons (Fsp3) is 0.700. The zero-order chi connectivity index (χ0) is 18.7. The lowest BCUT2D eigenvalue weighted by molar-refractivity contribution is 0.0902. The zero-order valence-corrected chi connectivity index (χ0v) is 18.9. The minimum absolute atomic E-state index is 0.00867. The van der Waals surface area contributed by atoms with Crippen LogP contribution in [0, 0.1) is 0 Å². The van der Waals surface area contributed by atoms with Crippen molar-refractivity contribution in [2.45, 2.75) is 89.9 Å². The van der Waals surface area contributed by atoms with Gasteiger partial charge in [-0.25, -0.2) is 0 Å². The van der Waals surface area contributed by atoms with Gasteiger partial charge < -0.3 is 14.3 Å². The summed E-state index contributed by atoms with van der Waals surface area (Å²) >= 11 is 0. The lowest BCUT2D eigenvalue weighted by Gasteiger charge is -2.53. The fourth-order valence-electron chi connectivity index (χ4n) is 4.05. The highest BCUT2D eigenvalue weighted by Crippen LogP contribution is 2.42. The van der Waals surface area contributed by atoms with Crippen LogP contribution in [0.25, 0.3) is 0 Å². The number of phenolic OH excluding ortho intramolecular Hbond substituents is 1. The van der Waals surface area contributed by atoms with Crippen molar-refractivity contribution in [2.75, 3.05) is 0 Å². The Hall–Kier alpha value is -0.786. The van der Waals surface area contributed by atoms with Crippen molar-refractivity contribution in [2.24, 2.45) is 0 Å². The number of aromatic hydroxyl groups is 1. The molecule has 0 spiro atoms. The normalized spacial score (nSPS) is 26.2.